The molecule has 1 aliphatic heterocycles. The third-order valence-electron chi connectivity index (χ3n) is 2.96. The van der Waals surface area contributed by atoms with Gasteiger partial charge in [0.05, 0.1) is 5.02 Å². The van der Waals surface area contributed by atoms with E-state index in [2.05, 4.69) is 0 Å². The minimum absolute atomic E-state index is 0.0756. The van der Waals surface area contributed by atoms with Gasteiger partial charge in [0.2, 0.25) is 10.0 Å². The maximum Gasteiger partial charge on any atom is 0.244 e. The van der Waals surface area contributed by atoms with Gasteiger partial charge >= 0.3 is 0 Å². The van der Waals surface area contributed by atoms with Crippen molar-refractivity contribution in [3.8, 4) is 0 Å². The van der Waals surface area contributed by atoms with E-state index >= 15 is 0 Å². The maximum atomic E-state index is 12.3. The molecule has 0 radical (unpaired) electrons. The number of rotatable bonds is 2. The summed E-state index contributed by atoms with van der Waals surface area (Å²) < 4.78 is 26.1. The Morgan fingerprint density at radius 3 is 2.76 bits per heavy atom. The molecule has 0 aromatic heterocycles. The van der Waals surface area contributed by atoms with Gasteiger partial charge in [0, 0.05) is 19.1 Å². The second-order valence-electron chi connectivity index (χ2n) is 4.30. The van der Waals surface area contributed by atoms with Gasteiger partial charge in [-0.15, -0.1) is 0 Å². The van der Waals surface area contributed by atoms with Crippen LogP contribution in [0.1, 0.15) is 12.0 Å². The van der Waals surface area contributed by atoms with Crippen molar-refractivity contribution >= 4 is 21.6 Å². The van der Waals surface area contributed by atoms with E-state index < -0.39 is 10.0 Å². The van der Waals surface area contributed by atoms with E-state index in [9.17, 15) is 8.42 Å². The first-order valence-corrected chi connectivity index (χ1v) is 7.25. The number of hydrogen-bond donors (Lipinski definition) is 1. The van der Waals surface area contributed by atoms with Gasteiger partial charge in [-0.3, -0.25) is 0 Å². The number of aryl methyl sites for hydroxylation is 1. The highest BCUT2D eigenvalue weighted by Crippen LogP contribution is 2.28. The summed E-state index contributed by atoms with van der Waals surface area (Å²) in [5, 5.41) is 0.299. The second-order valence-corrected chi connectivity index (χ2v) is 6.58. The molecule has 0 bridgehead atoms. The van der Waals surface area contributed by atoms with Gasteiger partial charge in [0.25, 0.3) is 0 Å². The van der Waals surface area contributed by atoms with E-state index in [1.54, 1.807) is 19.1 Å². The molecular weight excluding hydrogens is 260 g/mol. The number of hydrogen-bond acceptors (Lipinski definition) is 3. The van der Waals surface area contributed by atoms with Crippen LogP contribution in [0.5, 0.6) is 0 Å². The average Bonchev–Trinajstić information content (AvgIpc) is 2.69. The Hall–Kier alpha value is -0.620. The van der Waals surface area contributed by atoms with Crippen molar-refractivity contribution in [1.29, 1.82) is 0 Å². The molecule has 1 aliphatic rings. The molecule has 94 valence electrons. The van der Waals surface area contributed by atoms with Crippen molar-refractivity contribution < 1.29 is 8.42 Å². The van der Waals surface area contributed by atoms with Gasteiger partial charge < -0.3 is 5.73 Å². The molecule has 2 rings (SSSR count). The van der Waals surface area contributed by atoms with Crippen LogP contribution >= 0.6 is 11.6 Å². The van der Waals surface area contributed by atoms with E-state index in [4.69, 9.17) is 17.3 Å². The van der Waals surface area contributed by atoms with E-state index in [1.165, 1.54) is 10.4 Å². The Morgan fingerprint density at radius 1 is 1.47 bits per heavy atom. The third kappa shape index (κ3) is 2.33. The zero-order valence-electron chi connectivity index (χ0n) is 9.56. The first kappa shape index (κ1) is 12.8. The molecule has 1 aromatic carbocycles. The van der Waals surface area contributed by atoms with E-state index in [-0.39, 0.29) is 10.9 Å². The molecule has 1 fully saturated rings. The second kappa shape index (κ2) is 4.57. The van der Waals surface area contributed by atoms with Crippen molar-refractivity contribution in [2.75, 3.05) is 13.1 Å². The summed E-state index contributed by atoms with van der Waals surface area (Å²) in [6, 6.07) is 4.95. The minimum atomic E-state index is -3.50. The van der Waals surface area contributed by atoms with Crippen LogP contribution in [0.15, 0.2) is 23.1 Å². The number of sulfonamides is 1. The number of nitrogens with two attached hydrogens (primary N) is 1. The highest BCUT2D eigenvalue weighted by molar-refractivity contribution is 7.89. The van der Waals surface area contributed by atoms with Crippen molar-refractivity contribution in [3.05, 3.63) is 28.8 Å². The van der Waals surface area contributed by atoms with E-state index in [0.29, 0.717) is 24.5 Å². The van der Waals surface area contributed by atoms with Gasteiger partial charge in [0.1, 0.15) is 4.90 Å². The molecule has 1 saturated heterocycles. The molecule has 0 aliphatic carbocycles. The summed E-state index contributed by atoms with van der Waals surface area (Å²) in [5.41, 5.74) is 6.49. The van der Waals surface area contributed by atoms with Gasteiger partial charge in [-0.25, -0.2) is 8.42 Å². The molecule has 17 heavy (non-hydrogen) atoms. The Balaban J connectivity index is 2.42. The predicted octanol–water partition coefficient (Wildman–Crippen LogP) is 1.37. The summed E-state index contributed by atoms with van der Waals surface area (Å²) in [6.07, 6.45) is 0.697. The van der Waals surface area contributed by atoms with Crippen LogP contribution in [-0.4, -0.2) is 31.9 Å². The summed E-state index contributed by atoms with van der Waals surface area (Å²) >= 11 is 6.06. The standard InChI is InChI=1S/C11H15ClN2O2S/c1-8-3-2-4-10(11(8)12)17(15,16)14-6-5-9(13)7-14/h2-4,9H,5-7,13H2,1H3/t9-/m1/s1. The lowest BCUT2D eigenvalue weighted by Gasteiger charge is -2.17. The molecular formula is C11H15ClN2O2S. The van der Waals surface area contributed by atoms with Crippen molar-refractivity contribution in [1.82, 2.24) is 4.31 Å². The van der Waals surface area contributed by atoms with Gasteiger partial charge in [-0.1, -0.05) is 23.7 Å². The Morgan fingerprint density at radius 2 is 2.18 bits per heavy atom. The predicted molar refractivity (Wildman–Crippen MR) is 67.5 cm³/mol. The molecule has 0 amide bonds. The van der Waals surface area contributed by atoms with Crippen molar-refractivity contribution in [3.63, 3.8) is 0 Å². The molecule has 6 heteroatoms. The highest BCUT2D eigenvalue weighted by atomic mass is 35.5. The lowest BCUT2D eigenvalue weighted by molar-refractivity contribution is 0.472. The fourth-order valence-corrected chi connectivity index (χ4v) is 4.00. The zero-order chi connectivity index (χ0) is 12.6. The topological polar surface area (TPSA) is 63.4 Å². The van der Waals surface area contributed by atoms with Gasteiger partial charge in [-0.2, -0.15) is 4.31 Å². The molecule has 4 nitrogen and oxygen atoms in total. The molecule has 0 spiro atoms. The normalized spacial score (nSPS) is 21.9. The quantitative estimate of drug-likeness (QED) is 0.886. The Labute approximate surface area is 106 Å². The largest absolute Gasteiger partial charge is 0.326 e. The van der Waals surface area contributed by atoms with Gasteiger partial charge in [0.15, 0.2) is 0 Å². The van der Waals surface area contributed by atoms with Crippen molar-refractivity contribution in [2.24, 2.45) is 5.73 Å². The summed E-state index contributed by atoms with van der Waals surface area (Å²) in [6.45, 7) is 2.62. The lowest BCUT2D eigenvalue weighted by atomic mass is 10.2. The maximum absolute atomic E-state index is 12.3. The third-order valence-corrected chi connectivity index (χ3v) is 5.48. The lowest BCUT2D eigenvalue weighted by Crippen LogP contribution is -2.32. The molecule has 2 N–H and O–H groups in total. The SMILES string of the molecule is Cc1cccc(S(=O)(=O)N2CC[C@@H](N)C2)c1Cl. The first-order chi connectivity index (χ1) is 7.93. The summed E-state index contributed by atoms with van der Waals surface area (Å²) in [4.78, 5) is 0.174. The fourth-order valence-electron chi connectivity index (χ4n) is 1.93. The highest BCUT2D eigenvalue weighted by Gasteiger charge is 2.32. The monoisotopic (exact) mass is 274 g/mol. The van der Waals surface area contributed by atoms with Crippen LogP contribution in [-0.2, 0) is 10.0 Å². The molecule has 0 unspecified atom stereocenters. The van der Waals surface area contributed by atoms with E-state index in [1.807, 2.05) is 0 Å². The zero-order valence-corrected chi connectivity index (χ0v) is 11.1. The van der Waals surface area contributed by atoms with Crippen LogP contribution in [0, 0.1) is 6.92 Å². The van der Waals surface area contributed by atoms with E-state index in [0.717, 1.165) is 5.56 Å². The average molecular weight is 275 g/mol. The fraction of sp³-hybridized carbons (Fsp3) is 0.455. The van der Waals surface area contributed by atoms with Crippen LogP contribution in [0.4, 0.5) is 0 Å². The number of halogens is 1. The molecule has 0 saturated carbocycles. The Kier molecular flexibility index (Phi) is 3.45. The summed E-state index contributed by atoms with van der Waals surface area (Å²) in [7, 11) is -3.50. The molecule has 1 heterocycles. The minimum Gasteiger partial charge on any atom is -0.326 e. The Bertz CT molecular complexity index is 530. The van der Waals surface area contributed by atoms with Crippen LogP contribution in [0.25, 0.3) is 0 Å². The molecule has 1 atom stereocenters. The van der Waals surface area contributed by atoms with Crippen molar-refractivity contribution in [2.45, 2.75) is 24.3 Å². The van der Waals surface area contributed by atoms with Crippen LogP contribution < -0.4 is 5.73 Å². The van der Waals surface area contributed by atoms with Gasteiger partial charge in [-0.05, 0) is 25.0 Å². The first-order valence-electron chi connectivity index (χ1n) is 5.44. The smallest absolute Gasteiger partial charge is 0.244 e. The molecule has 1 aromatic rings. The van der Waals surface area contributed by atoms with Crippen LogP contribution in [0.3, 0.4) is 0 Å². The summed E-state index contributed by atoms with van der Waals surface area (Å²) in [5.74, 6) is 0. The number of benzene rings is 1. The van der Waals surface area contributed by atoms with Crippen LogP contribution in [0.2, 0.25) is 5.02 Å². The number of nitrogens with zero attached hydrogens (tertiary/aromatic N) is 1.